The number of carbonyl (C=O) groups excluding carboxylic acids is 1. The fourth-order valence-electron chi connectivity index (χ4n) is 1.40. The van der Waals surface area contributed by atoms with Crippen molar-refractivity contribution in [3.8, 4) is 11.8 Å². The summed E-state index contributed by atoms with van der Waals surface area (Å²) in [5.41, 5.74) is 0.0163. The van der Waals surface area contributed by atoms with E-state index in [0.29, 0.717) is 16.5 Å². The molecule has 0 aliphatic heterocycles. The van der Waals surface area contributed by atoms with E-state index in [0.717, 1.165) is 6.20 Å². The summed E-state index contributed by atoms with van der Waals surface area (Å²) in [4.78, 5) is 22.7. The first kappa shape index (κ1) is 17.3. The lowest BCUT2D eigenvalue weighted by atomic mass is 10.2. The zero-order valence-electron chi connectivity index (χ0n) is 11.9. The summed E-state index contributed by atoms with van der Waals surface area (Å²) < 4.78 is 5.08. The van der Waals surface area contributed by atoms with Crippen LogP contribution in [0.5, 0.6) is 5.75 Å². The molecule has 1 aromatic carbocycles. The number of carboxylic acid groups (broad SMARTS) is 1. The first-order chi connectivity index (χ1) is 10.4. The summed E-state index contributed by atoms with van der Waals surface area (Å²) >= 11 is 5.84. The smallest absolute Gasteiger partial charge is 0.325 e. The summed E-state index contributed by atoms with van der Waals surface area (Å²) in [6.07, 6.45) is 1.05. The summed E-state index contributed by atoms with van der Waals surface area (Å²) in [7, 11) is 1.43. The number of anilines is 1. The minimum absolute atomic E-state index is 0.282. The molecule has 0 aromatic heterocycles. The van der Waals surface area contributed by atoms with Gasteiger partial charge in [0.05, 0.1) is 12.8 Å². The lowest BCUT2D eigenvalue weighted by Crippen LogP contribution is -2.30. The van der Waals surface area contributed by atoms with E-state index in [1.54, 1.807) is 18.2 Å². The van der Waals surface area contributed by atoms with Crippen LogP contribution in [-0.2, 0) is 9.59 Å². The fraction of sp³-hybridized carbons (Fsp3) is 0.214. The van der Waals surface area contributed by atoms with Crippen LogP contribution in [0.15, 0.2) is 30.0 Å². The van der Waals surface area contributed by atoms with Gasteiger partial charge in [-0.15, -0.1) is 0 Å². The molecule has 1 amide bonds. The summed E-state index contributed by atoms with van der Waals surface area (Å²) in [5, 5.41) is 23.0. The molecule has 1 rings (SSSR count). The van der Waals surface area contributed by atoms with Gasteiger partial charge in [0.15, 0.2) is 0 Å². The Morgan fingerprint density at radius 3 is 2.73 bits per heavy atom. The number of rotatable bonds is 6. The first-order valence-corrected chi connectivity index (χ1v) is 6.50. The number of amides is 1. The molecule has 1 aromatic rings. The zero-order valence-corrected chi connectivity index (χ0v) is 12.6. The van der Waals surface area contributed by atoms with Gasteiger partial charge < -0.3 is 20.5 Å². The summed E-state index contributed by atoms with van der Waals surface area (Å²) in [6.45, 7) is 1.38. The van der Waals surface area contributed by atoms with Crippen molar-refractivity contribution in [1.29, 1.82) is 5.26 Å². The molecule has 0 aliphatic carbocycles. The summed E-state index contributed by atoms with van der Waals surface area (Å²) in [5.74, 6) is -1.44. The molecular weight excluding hydrogens is 310 g/mol. The van der Waals surface area contributed by atoms with Crippen molar-refractivity contribution in [2.45, 2.75) is 13.0 Å². The molecule has 0 spiro atoms. The third-order valence-corrected chi connectivity index (χ3v) is 2.86. The molecule has 0 saturated carbocycles. The van der Waals surface area contributed by atoms with E-state index in [1.807, 2.05) is 0 Å². The second-order valence-electron chi connectivity index (χ2n) is 4.20. The van der Waals surface area contributed by atoms with E-state index in [4.69, 9.17) is 26.7 Å². The van der Waals surface area contributed by atoms with Gasteiger partial charge in [0, 0.05) is 11.2 Å². The molecule has 1 atom stereocenters. The molecule has 116 valence electrons. The Balaban J connectivity index is 2.91. The van der Waals surface area contributed by atoms with Crippen molar-refractivity contribution in [2.75, 3.05) is 12.4 Å². The molecule has 7 nitrogen and oxygen atoms in total. The number of hydrogen-bond donors (Lipinski definition) is 3. The van der Waals surface area contributed by atoms with Crippen molar-refractivity contribution in [1.82, 2.24) is 5.32 Å². The van der Waals surface area contributed by atoms with Crippen molar-refractivity contribution in [3.63, 3.8) is 0 Å². The quantitative estimate of drug-likeness (QED) is 0.543. The van der Waals surface area contributed by atoms with Crippen molar-refractivity contribution in [3.05, 3.63) is 35.0 Å². The number of methoxy groups -OCH3 is 1. The van der Waals surface area contributed by atoms with Crippen LogP contribution in [0.3, 0.4) is 0 Å². The van der Waals surface area contributed by atoms with Gasteiger partial charge >= 0.3 is 5.97 Å². The summed E-state index contributed by atoms with van der Waals surface area (Å²) in [6, 6.07) is 5.39. The highest BCUT2D eigenvalue weighted by molar-refractivity contribution is 6.31. The van der Waals surface area contributed by atoms with Crippen molar-refractivity contribution < 1.29 is 19.4 Å². The molecule has 0 bridgehead atoms. The van der Waals surface area contributed by atoms with E-state index in [-0.39, 0.29) is 5.57 Å². The molecular formula is C14H14ClN3O4. The standard InChI is InChI=1S/C14H14ClN3O4/c1-8(14(20)21)17-7-9(6-16)13(19)18-11-5-10(15)3-4-12(11)22-2/h3-5,7-8,17H,1-2H3,(H,18,19)(H,20,21)/b9-7-. The SMILES string of the molecule is COc1ccc(Cl)cc1NC(=O)/C(C#N)=C\NC(C)C(=O)O. The molecule has 0 saturated heterocycles. The van der Waals surface area contributed by atoms with Gasteiger partial charge in [0.1, 0.15) is 23.4 Å². The Kier molecular flexibility index (Phi) is 6.23. The maximum absolute atomic E-state index is 12.0. The molecule has 0 aliphatic rings. The number of nitriles is 1. The van der Waals surface area contributed by atoms with Crippen molar-refractivity contribution in [2.24, 2.45) is 0 Å². The van der Waals surface area contributed by atoms with E-state index in [1.165, 1.54) is 20.1 Å². The zero-order chi connectivity index (χ0) is 16.7. The maximum atomic E-state index is 12.0. The average molecular weight is 324 g/mol. The molecule has 3 N–H and O–H groups in total. The predicted molar refractivity (Wildman–Crippen MR) is 80.6 cm³/mol. The van der Waals surface area contributed by atoms with E-state index in [2.05, 4.69) is 10.6 Å². The molecule has 0 fully saturated rings. The number of halogens is 1. The normalized spacial score (nSPS) is 12.0. The first-order valence-electron chi connectivity index (χ1n) is 6.13. The number of hydrogen-bond acceptors (Lipinski definition) is 5. The largest absolute Gasteiger partial charge is 0.495 e. The maximum Gasteiger partial charge on any atom is 0.325 e. The topological polar surface area (TPSA) is 111 Å². The third kappa shape index (κ3) is 4.68. The van der Waals surface area contributed by atoms with Gasteiger partial charge in [-0.3, -0.25) is 9.59 Å². The highest BCUT2D eigenvalue weighted by Crippen LogP contribution is 2.27. The Hall–Kier alpha value is -2.72. The van der Waals surface area contributed by atoms with E-state index < -0.39 is 17.9 Å². The molecule has 1 unspecified atom stereocenters. The van der Waals surface area contributed by atoms with Gasteiger partial charge in [-0.2, -0.15) is 5.26 Å². The molecule has 0 heterocycles. The number of ether oxygens (including phenoxy) is 1. The van der Waals surface area contributed by atoms with Crippen LogP contribution in [0.4, 0.5) is 5.69 Å². The second kappa shape index (κ2) is 7.90. The van der Waals surface area contributed by atoms with Crippen LogP contribution in [0.2, 0.25) is 5.02 Å². The lowest BCUT2D eigenvalue weighted by Gasteiger charge is -2.11. The van der Waals surface area contributed by atoms with Crippen LogP contribution in [0.1, 0.15) is 6.92 Å². The van der Waals surface area contributed by atoms with Crippen LogP contribution in [0, 0.1) is 11.3 Å². The molecule has 22 heavy (non-hydrogen) atoms. The molecule has 8 heteroatoms. The number of carboxylic acids is 1. The highest BCUT2D eigenvalue weighted by Gasteiger charge is 2.14. The van der Waals surface area contributed by atoms with Crippen LogP contribution >= 0.6 is 11.6 Å². The fourth-order valence-corrected chi connectivity index (χ4v) is 1.57. The van der Waals surface area contributed by atoms with Crippen LogP contribution in [0.25, 0.3) is 0 Å². The number of aliphatic carboxylic acids is 1. The van der Waals surface area contributed by atoms with Gasteiger partial charge in [0.2, 0.25) is 0 Å². The van der Waals surface area contributed by atoms with Gasteiger partial charge in [-0.05, 0) is 25.1 Å². The number of benzene rings is 1. The van der Waals surface area contributed by atoms with E-state index in [9.17, 15) is 9.59 Å². The number of nitrogens with one attached hydrogen (secondary N) is 2. The Labute approximate surface area is 132 Å². The Morgan fingerprint density at radius 1 is 1.50 bits per heavy atom. The molecule has 0 radical (unpaired) electrons. The van der Waals surface area contributed by atoms with Gasteiger partial charge in [0.25, 0.3) is 5.91 Å². The second-order valence-corrected chi connectivity index (χ2v) is 4.63. The highest BCUT2D eigenvalue weighted by atomic mass is 35.5. The number of nitrogens with zero attached hydrogens (tertiary/aromatic N) is 1. The van der Waals surface area contributed by atoms with Crippen LogP contribution < -0.4 is 15.4 Å². The third-order valence-electron chi connectivity index (χ3n) is 2.62. The average Bonchev–Trinajstić information content (AvgIpc) is 2.47. The van der Waals surface area contributed by atoms with Gasteiger partial charge in [-0.25, -0.2) is 0 Å². The minimum Gasteiger partial charge on any atom is -0.495 e. The van der Waals surface area contributed by atoms with Crippen LogP contribution in [-0.4, -0.2) is 30.1 Å². The van der Waals surface area contributed by atoms with Gasteiger partial charge in [-0.1, -0.05) is 11.6 Å². The number of carbonyl (C=O) groups is 2. The predicted octanol–water partition coefficient (Wildman–Crippen LogP) is 1.76. The lowest BCUT2D eigenvalue weighted by molar-refractivity contribution is -0.138. The van der Waals surface area contributed by atoms with E-state index >= 15 is 0 Å². The Morgan fingerprint density at radius 2 is 2.18 bits per heavy atom. The van der Waals surface area contributed by atoms with Crippen molar-refractivity contribution >= 4 is 29.2 Å². The Bertz CT molecular complexity index is 652. The minimum atomic E-state index is -1.11. The monoisotopic (exact) mass is 323 g/mol.